The number of unbranched alkanes of at least 4 members (excludes halogenated alkanes) is 13. The van der Waals surface area contributed by atoms with Crippen molar-refractivity contribution in [2.24, 2.45) is 0 Å². The van der Waals surface area contributed by atoms with Crippen LogP contribution in [0.4, 0.5) is 0 Å². The van der Waals surface area contributed by atoms with Crippen molar-refractivity contribution in [1.82, 2.24) is 0 Å². The number of quaternary nitrogens is 1. The normalized spacial score (nSPS) is 14.8. The van der Waals surface area contributed by atoms with Gasteiger partial charge in [-0.2, -0.15) is 0 Å². The molecule has 0 aromatic heterocycles. The maximum absolute atomic E-state index is 12.2. The summed E-state index contributed by atoms with van der Waals surface area (Å²) in [6, 6.07) is 9.79. The lowest BCUT2D eigenvalue weighted by Gasteiger charge is -2.35. The predicted molar refractivity (Wildman–Crippen MR) is 137 cm³/mol. The van der Waals surface area contributed by atoms with Crippen molar-refractivity contribution < 1.29 is 23.0 Å². The fourth-order valence-electron chi connectivity index (χ4n) is 4.11. The van der Waals surface area contributed by atoms with Gasteiger partial charge < -0.3 is 18.4 Å². The summed E-state index contributed by atoms with van der Waals surface area (Å²) in [7, 11) is 1.82. The molecular weight excluding hydrogens is 433 g/mol. The minimum atomic E-state index is -4.28. The van der Waals surface area contributed by atoms with E-state index in [9.17, 15) is 9.46 Å². The molecule has 0 bridgehead atoms. The van der Waals surface area contributed by atoms with Crippen LogP contribution in [0.5, 0.6) is 0 Å². The third kappa shape index (κ3) is 15.7. The average molecular weight is 484 g/mol. The van der Waals surface area contributed by atoms with Gasteiger partial charge in [0.05, 0.1) is 27.7 Å². The van der Waals surface area contributed by atoms with Crippen LogP contribution in [0, 0.1) is 0 Å². The predicted octanol–water partition coefficient (Wildman–Crippen LogP) is 7.42. The molecule has 1 aromatic rings. The largest absolute Gasteiger partial charge is 0.756 e. The molecule has 1 aromatic carbocycles. The quantitative estimate of drug-likeness (QED) is 0.104. The number of likely N-dealkylation sites (N-methyl/N-ethyl adjacent to an activating group) is 1. The summed E-state index contributed by atoms with van der Waals surface area (Å²) in [6.45, 7) is 2.55. The fourth-order valence-corrected chi connectivity index (χ4v) is 4.87. The molecule has 0 N–H and O–H groups in total. The van der Waals surface area contributed by atoms with Crippen LogP contribution >= 0.6 is 7.82 Å². The van der Waals surface area contributed by atoms with Gasteiger partial charge in [0, 0.05) is 5.56 Å². The van der Waals surface area contributed by atoms with Crippen molar-refractivity contribution in [1.29, 1.82) is 0 Å². The van der Waals surface area contributed by atoms with Crippen LogP contribution in [0.25, 0.3) is 0 Å². The van der Waals surface area contributed by atoms with Gasteiger partial charge in [-0.15, -0.1) is 0 Å². The van der Waals surface area contributed by atoms with Gasteiger partial charge in [-0.3, -0.25) is 4.57 Å². The molecule has 0 fully saturated rings. The first-order chi connectivity index (χ1) is 15.8. The molecule has 192 valence electrons. The fraction of sp³-hybridized carbons (Fsp3) is 0.778. The highest BCUT2D eigenvalue weighted by Crippen LogP contribution is 2.40. The second-order valence-electron chi connectivity index (χ2n) is 10.2. The van der Waals surface area contributed by atoms with Crippen molar-refractivity contribution in [2.75, 3.05) is 34.4 Å². The number of nitrogens with zero attached hydrogens (tertiary/aromatic N) is 1. The molecular formula is C27H50NO4P. The van der Waals surface area contributed by atoms with E-state index in [1.54, 1.807) is 0 Å². The lowest BCUT2D eigenvalue weighted by molar-refractivity contribution is -0.902. The van der Waals surface area contributed by atoms with Crippen molar-refractivity contribution in [3.05, 3.63) is 35.9 Å². The molecule has 0 radical (unpaired) electrons. The summed E-state index contributed by atoms with van der Waals surface area (Å²) in [5, 5.41) is 0. The van der Waals surface area contributed by atoms with Crippen LogP contribution in [0.15, 0.2) is 30.3 Å². The third-order valence-corrected chi connectivity index (χ3v) is 7.22. The number of hydrogen-bond donors (Lipinski definition) is 0. The smallest absolute Gasteiger partial charge is 0.268 e. The number of benzene rings is 1. The van der Waals surface area contributed by atoms with Gasteiger partial charge in [0.15, 0.2) is 0 Å². The first kappa shape index (κ1) is 30.3. The van der Waals surface area contributed by atoms with Crippen LogP contribution < -0.4 is 4.89 Å². The van der Waals surface area contributed by atoms with Crippen molar-refractivity contribution in [3.63, 3.8) is 0 Å². The number of hydrogen-bond acceptors (Lipinski definition) is 4. The van der Waals surface area contributed by atoms with Crippen LogP contribution in [0.1, 0.15) is 108 Å². The molecule has 0 spiro atoms. The van der Waals surface area contributed by atoms with E-state index in [4.69, 9.17) is 9.05 Å². The highest BCUT2D eigenvalue weighted by molar-refractivity contribution is 7.45. The molecule has 33 heavy (non-hydrogen) atoms. The molecule has 0 heterocycles. The zero-order chi connectivity index (χ0) is 24.4. The Hall–Kier alpha value is -0.710. The van der Waals surface area contributed by atoms with E-state index in [0.29, 0.717) is 4.48 Å². The van der Waals surface area contributed by atoms with E-state index in [0.717, 1.165) is 24.8 Å². The van der Waals surface area contributed by atoms with E-state index in [-0.39, 0.29) is 19.3 Å². The molecule has 6 heteroatoms. The van der Waals surface area contributed by atoms with Crippen LogP contribution in [0.2, 0.25) is 0 Å². The Kier molecular flexibility index (Phi) is 16.2. The minimum Gasteiger partial charge on any atom is -0.756 e. The van der Waals surface area contributed by atoms with Gasteiger partial charge in [-0.1, -0.05) is 121 Å². The molecule has 0 saturated heterocycles. The van der Waals surface area contributed by atoms with E-state index in [2.05, 4.69) is 6.92 Å². The first-order valence-electron chi connectivity index (χ1n) is 13.2. The first-order valence-corrected chi connectivity index (χ1v) is 14.7. The molecule has 2 atom stereocenters. The van der Waals surface area contributed by atoms with Crippen molar-refractivity contribution in [3.8, 4) is 0 Å². The van der Waals surface area contributed by atoms with Gasteiger partial charge in [-0.05, 0) is 6.42 Å². The molecule has 0 aliphatic rings. The lowest BCUT2D eigenvalue weighted by Crippen LogP contribution is -2.41. The Morgan fingerprint density at radius 3 is 1.67 bits per heavy atom. The number of rotatable bonds is 21. The molecule has 0 aliphatic heterocycles. The number of phosphoric ester groups is 1. The van der Waals surface area contributed by atoms with E-state index in [1.165, 1.54) is 70.6 Å². The van der Waals surface area contributed by atoms with Gasteiger partial charge in [0.1, 0.15) is 12.6 Å². The Bertz CT molecular complexity index is 633. The standard InChI is InChI=1S/C27H50NO4P/c1-5-6-7-8-9-10-11-12-13-14-15-16-17-21-24-31-33(29,30)32-25-27(28(2,3)4)26-22-19-18-20-23-26/h18-20,22-23,27H,5-17,21,24-25H2,1-4H3/t27-/m0/s1. The van der Waals surface area contributed by atoms with Crippen LogP contribution in [-0.2, 0) is 13.6 Å². The van der Waals surface area contributed by atoms with E-state index >= 15 is 0 Å². The van der Waals surface area contributed by atoms with E-state index in [1.807, 2.05) is 51.5 Å². The van der Waals surface area contributed by atoms with Gasteiger partial charge in [0.2, 0.25) is 0 Å². The third-order valence-electron chi connectivity index (χ3n) is 6.26. The van der Waals surface area contributed by atoms with Crippen LogP contribution in [0.3, 0.4) is 0 Å². The van der Waals surface area contributed by atoms with Gasteiger partial charge in [0.25, 0.3) is 7.82 Å². The summed E-state index contributed by atoms with van der Waals surface area (Å²) in [5.41, 5.74) is 1.05. The molecule has 5 nitrogen and oxygen atoms in total. The van der Waals surface area contributed by atoms with E-state index < -0.39 is 7.82 Å². The summed E-state index contributed by atoms with van der Waals surface area (Å²) in [4.78, 5) is 12.2. The highest BCUT2D eigenvalue weighted by Gasteiger charge is 2.27. The van der Waals surface area contributed by atoms with Gasteiger partial charge >= 0.3 is 0 Å². The zero-order valence-corrected chi connectivity index (χ0v) is 22.7. The summed E-state index contributed by atoms with van der Waals surface area (Å²) >= 11 is 0. The van der Waals surface area contributed by atoms with Gasteiger partial charge in [-0.25, -0.2) is 0 Å². The number of phosphoric acid groups is 1. The highest BCUT2D eigenvalue weighted by atomic mass is 31.2. The average Bonchev–Trinajstić information content (AvgIpc) is 2.76. The zero-order valence-electron chi connectivity index (χ0n) is 21.8. The van der Waals surface area contributed by atoms with Crippen LogP contribution in [-0.4, -0.2) is 38.8 Å². The second-order valence-corrected chi connectivity index (χ2v) is 11.6. The second kappa shape index (κ2) is 17.7. The molecule has 1 unspecified atom stereocenters. The monoisotopic (exact) mass is 483 g/mol. The Balaban J connectivity index is 2.07. The topological polar surface area (TPSA) is 58.6 Å². The summed E-state index contributed by atoms with van der Waals surface area (Å²) < 4.78 is 23.1. The molecule has 0 saturated carbocycles. The molecule has 1 rings (SSSR count). The SMILES string of the molecule is CCCCCCCCCCCCCCCCOP(=O)([O-])OC[C@@H](c1ccccc1)[N+](C)(C)C. The molecule has 0 aliphatic carbocycles. The Morgan fingerprint density at radius 1 is 0.758 bits per heavy atom. The summed E-state index contributed by atoms with van der Waals surface area (Å²) in [6.07, 6.45) is 17.8. The Morgan fingerprint density at radius 2 is 1.21 bits per heavy atom. The molecule has 0 amide bonds. The summed E-state index contributed by atoms with van der Waals surface area (Å²) in [5.74, 6) is 0. The Labute approximate surface area is 204 Å². The maximum atomic E-state index is 12.2. The lowest BCUT2D eigenvalue weighted by atomic mass is 10.0. The van der Waals surface area contributed by atoms with Crippen molar-refractivity contribution >= 4 is 7.82 Å². The minimum absolute atomic E-state index is 0.0764. The van der Waals surface area contributed by atoms with Crippen molar-refractivity contribution in [2.45, 2.75) is 103 Å². The maximum Gasteiger partial charge on any atom is 0.268 e.